The van der Waals surface area contributed by atoms with Crippen molar-refractivity contribution in [2.45, 2.75) is 32.1 Å². The smallest absolute Gasteiger partial charge is 0.162 e. The number of hydrogen-bond acceptors (Lipinski definition) is 2. The molecular formula is C13H18O2S. The average Bonchev–Trinajstić information content (AvgIpc) is 2.27. The van der Waals surface area contributed by atoms with Gasteiger partial charge in [0.25, 0.3) is 0 Å². The van der Waals surface area contributed by atoms with E-state index in [1.165, 1.54) is 0 Å². The third-order valence-corrected chi connectivity index (χ3v) is 4.01. The van der Waals surface area contributed by atoms with Crippen LogP contribution in [0.5, 0.6) is 0 Å². The van der Waals surface area contributed by atoms with Crippen LogP contribution in [-0.2, 0) is 10.8 Å². The van der Waals surface area contributed by atoms with Gasteiger partial charge in [0.2, 0.25) is 0 Å². The summed E-state index contributed by atoms with van der Waals surface area (Å²) in [5, 5.41) is 0. The highest BCUT2D eigenvalue weighted by atomic mass is 32.2. The van der Waals surface area contributed by atoms with Gasteiger partial charge in [0.05, 0.1) is 10.8 Å². The highest BCUT2D eigenvalue weighted by Crippen LogP contribution is 2.12. The number of Topliss-reactive ketones (excluding diaryl/α,β-unsaturated/α-hetero) is 1. The Hall–Kier alpha value is -0.960. The molecule has 0 fully saturated rings. The number of benzene rings is 1. The Labute approximate surface area is 99.5 Å². The first kappa shape index (κ1) is 13.1. The predicted molar refractivity (Wildman–Crippen MR) is 67.2 cm³/mol. The second-order valence-corrected chi connectivity index (χ2v) is 5.70. The molecular weight excluding hydrogens is 220 g/mol. The number of rotatable bonds is 5. The van der Waals surface area contributed by atoms with E-state index in [4.69, 9.17) is 0 Å². The van der Waals surface area contributed by atoms with Gasteiger partial charge in [-0.2, -0.15) is 0 Å². The average molecular weight is 238 g/mol. The topological polar surface area (TPSA) is 34.1 Å². The van der Waals surface area contributed by atoms with E-state index >= 15 is 0 Å². The van der Waals surface area contributed by atoms with Crippen molar-refractivity contribution < 1.29 is 9.00 Å². The molecule has 0 aliphatic rings. The van der Waals surface area contributed by atoms with Crippen LogP contribution in [0.25, 0.3) is 0 Å². The molecule has 0 aliphatic heterocycles. The molecule has 88 valence electrons. The fourth-order valence-corrected chi connectivity index (χ4v) is 2.63. The normalized spacial score (nSPS) is 12.8. The van der Waals surface area contributed by atoms with E-state index in [0.29, 0.717) is 23.7 Å². The van der Waals surface area contributed by atoms with Crippen LogP contribution in [0.3, 0.4) is 0 Å². The molecule has 1 aromatic carbocycles. The highest BCUT2D eigenvalue weighted by Gasteiger charge is 2.08. The van der Waals surface area contributed by atoms with E-state index in [9.17, 15) is 9.00 Å². The molecule has 0 bridgehead atoms. The van der Waals surface area contributed by atoms with E-state index < -0.39 is 10.8 Å². The van der Waals surface area contributed by atoms with Gasteiger partial charge in [-0.25, -0.2) is 0 Å². The second kappa shape index (κ2) is 5.94. The summed E-state index contributed by atoms with van der Waals surface area (Å²) in [6.45, 7) is 5.94. The number of ketones is 1. The van der Waals surface area contributed by atoms with E-state index in [1.54, 1.807) is 24.3 Å². The quantitative estimate of drug-likeness (QED) is 0.739. The summed E-state index contributed by atoms with van der Waals surface area (Å²) < 4.78 is 11.8. The van der Waals surface area contributed by atoms with Crippen molar-refractivity contribution in [2.75, 3.05) is 5.75 Å². The molecule has 0 aromatic heterocycles. The largest absolute Gasteiger partial charge is 0.294 e. The van der Waals surface area contributed by atoms with Gasteiger partial charge in [0, 0.05) is 22.6 Å². The van der Waals surface area contributed by atoms with E-state index in [-0.39, 0.29) is 5.78 Å². The fourth-order valence-electron chi connectivity index (χ4n) is 1.40. The Morgan fingerprint density at radius 2 is 1.81 bits per heavy atom. The number of carbonyl (C=O) groups excluding carboxylic acids is 1. The summed E-state index contributed by atoms with van der Waals surface area (Å²) in [6.07, 6.45) is 0.508. The molecule has 0 spiro atoms. The van der Waals surface area contributed by atoms with Crippen molar-refractivity contribution in [3.05, 3.63) is 29.8 Å². The van der Waals surface area contributed by atoms with Crippen LogP contribution in [0.1, 0.15) is 37.6 Å². The molecule has 16 heavy (non-hydrogen) atoms. The minimum absolute atomic E-state index is 0.126. The standard InChI is InChI=1S/C13H18O2S/c1-4-13(14)11-5-7-12(8-6-11)16(15)9-10(2)3/h5-8,10H,4,9H2,1-3H3. The SMILES string of the molecule is CCC(=O)c1ccc(S(=O)CC(C)C)cc1. The lowest BCUT2D eigenvalue weighted by Gasteiger charge is -2.05. The Bertz CT molecular complexity index is 379. The molecule has 1 aromatic rings. The summed E-state index contributed by atoms with van der Waals surface area (Å²) in [7, 11) is -0.948. The lowest BCUT2D eigenvalue weighted by atomic mass is 10.1. The minimum atomic E-state index is -0.948. The van der Waals surface area contributed by atoms with Crippen LogP contribution in [0.15, 0.2) is 29.2 Å². The second-order valence-electron chi connectivity index (χ2n) is 4.21. The molecule has 0 saturated carbocycles. The maximum absolute atomic E-state index is 11.8. The molecule has 3 heteroatoms. The van der Waals surface area contributed by atoms with Gasteiger partial charge in [-0.05, 0) is 18.1 Å². The minimum Gasteiger partial charge on any atom is -0.294 e. The molecule has 0 amide bonds. The molecule has 1 atom stereocenters. The predicted octanol–water partition coefficient (Wildman–Crippen LogP) is 3.04. The molecule has 0 saturated heterocycles. The zero-order valence-electron chi connectivity index (χ0n) is 10.0. The van der Waals surface area contributed by atoms with Crippen LogP contribution in [-0.4, -0.2) is 15.7 Å². The first-order chi connectivity index (χ1) is 7.54. The van der Waals surface area contributed by atoms with Gasteiger partial charge in [0.15, 0.2) is 5.78 Å². The Morgan fingerprint density at radius 1 is 1.25 bits per heavy atom. The summed E-state index contributed by atoms with van der Waals surface area (Å²) >= 11 is 0. The van der Waals surface area contributed by atoms with Gasteiger partial charge >= 0.3 is 0 Å². The van der Waals surface area contributed by atoms with Crippen LogP contribution in [0.2, 0.25) is 0 Å². The first-order valence-electron chi connectivity index (χ1n) is 5.56. The van der Waals surface area contributed by atoms with Gasteiger partial charge in [-0.3, -0.25) is 9.00 Å². The first-order valence-corrected chi connectivity index (χ1v) is 6.88. The van der Waals surface area contributed by atoms with E-state index in [1.807, 2.05) is 20.8 Å². The molecule has 2 nitrogen and oxygen atoms in total. The molecule has 0 N–H and O–H groups in total. The Balaban J connectivity index is 2.78. The van der Waals surface area contributed by atoms with E-state index in [0.717, 1.165) is 4.90 Å². The summed E-state index contributed by atoms with van der Waals surface area (Å²) in [5.74, 6) is 1.21. The number of hydrogen-bond donors (Lipinski definition) is 0. The van der Waals surface area contributed by atoms with Crippen LogP contribution < -0.4 is 0 Å². The zero-order chi connectivity index (χ0) is 12.1. The third-order valence-electron chi connectivity index (χ3n) is 2.25. The maximum Gasteiger partial charge on any atom is 0.162 e. The highest BCUT2D eigenvalue weighted by molar-refractivity contribution is 7.85. The molecule has 0 aliphatic carbocycles. The Morgan fingerprint density at radius 3 is 2.25 bits per heavy atom. The van der Waals surface area contributed by atoms with Crippen LogP contribution in [0.4, 0.5) is 0 Å². The molecule has 1 rings (SSSR count). The fraction of sp³-hybridized carbons (Fsp3) is 0.462. The van der Waals surface area contributed by atoms with Gasteiger partial charge in [-0.1, -0.05) is 32.9 Å². The molecule has 1 unspecified atom stereocenters. The van der Waals surface area contributed by atoms with Gasteiger partial charge in [0.1, 0.15) is 0 Å². The van der Waals surface area contributed by atoms with Crippen molar-refractivity contribution in [3.63, 3.8) is 0 Å². The van der Waals surface area contributed by atoms with E-state index in [2.05, 4.69) is 0 Å². The maximum atomic E-state index is 11.8. The van der Waals surface area contributed by atoms with Gasteiger partial charge < -0.3 is 0 Å². The number of carbonyl (C=O) groups is 1. The van der Waals surface area contributed by atoms with Crippen molar-refractivity contribution in [1.29, 1.82) is 0 Å². The van der Waals surface area contributed by atoms with Crippen molar-refractivity contribution in [2.24, 2.45) is 5.92 Å². The van der Waals surface area contributed by atoms with Crippen LogP contribution in [0, 0.1) is 5.92 Å². The van der Waals surface area contributed by atoms with Gasteiger partial charge in [-0.15, -0.1) is 0 Å². The summed E-state index contributed by atoms with van der Waals surface area (Å²) in [4.78, 5) is 12.2. The zero-order valence-corrected chi connectivity index (χ0v) is 10.8. The lowest BCUT2D eigenvalue weighted by Crippen LogP contribution is -2.05. The summed E-state index contributed by atoms with van der Waals surface area (Å²) in [5.41, 5.74) is 0.702. The summed E-state index contributed by atoms with van der Waals surface area (Å²) in [6, 6.07) is 7.11. The van der Waals surface area contributed by atoms with Crippen molar-refractivity contribution in [1.82, 2.24) is 0 Å². The van der Waals surface area contributed by atoms with Crippen molar-refractivity contribution in [3.8, 4) is 0 Å². The third kappa shape index (κ3) is 3.56. The van der Waals surface area contributed by atoms with Crippen molar-refractivity contribution >= 4 is 16.6 Å². The monoisotopic (exact) mass is 238 g/mol. The van der Waals surface area contributed by atoms with Crippen LogP contribution >= 0.6 is 0 Å². The Kier molecular flexibility index (Phi) is 4.87. The lowest BCUT2D eigenvalue weighted by molar-refractivity contribution is 0.0988. The molecule has 0 radical (unpaired) electrons. The molecule has 0 heterocycles.